The highest BCUT2D eigenvalue weighted by molar-refractivity contribution is 7.25. The molecule has 0 atom stereocenters. The van der Waals surface area contributed by atoms with Crippen molar-refractivity contribution in [2.45, 2.75) is 0 Å². The van der Waals surface area contributed by atoms with E-state index in [9.17, 15) is 0 Å². The summed E-state index contributed by atoms with van der Waals surface area (Å²) in [6.45, 7) is 0. The van der Waals surface area contributed by atoms with E-state index in [4.69, 9.17) is 4.98 Å². The van der Waals surface area contributed by atoms with Crippen molar-refractivity contribution in [2.75, 3.05) is 4.90 Å². The van der Waals surface area contributed by atoms with E-state index < -0.39 is 0 Å². The Hall–Kier alpha value is -6.81. The van der Waals surface area contributed by atoms with Crippen molar-refractivity contribution in [3.63, 3.8) is 0 Å². The molecule has 0 N–H and O–H groups in total. The molecule has 0 bridgehead atoms. The highest BCUT2D eigenvalue weighted by Crippen LogP contribution is 2.45. The molecule has 11 rings (SSSR count). The highest BCUT2D eigenvalue weighted by atomic mass is 32.1. The lowest BCUT2D eigenvalue weighted by atomic mass is 9.97. The van der Waals surface area contributed by atoms with Crippen molar-refractivity contribution in [3.05, 3.63) is 194 Å². The SMILES string of the molecule is c1ccc2c(c1)ccc1cc(-c3ccc(N(c4ccc(-c5ccc6c(ccc7ccccc76)c5)cc4)c4cncc5sc6ccccc6c45)cc3)ccc12. The topological polar surface area (TPSA) is 16.1 Å². The Morgan fingerprint density at radius 3 is 1.39 bits per heavy atom. The first kappa shape index (κ1) is 30.8. The van der Waals surface area contributed by atoms with E-state index in [1.165, 1.54) is 85.5 Å². The number of pyridine rings is 1. The van der Waals surface area contributed by atoms with Gasteiger partial charge < -0.3 is 4.90 Å². The van der Waals surface area contributed by atoms with Crippen LogP contribution in [0, 0.1) is 0 Å². The molecular weight excluding hydrogens is 673 g/mol. The van der Waals surface area contributed by atoms with Crippen LogP contribution in [0.3, 0.4) is 0 Å². The van der Waals surface area contributed by atoms with E-state index >= 15 is 0 Å². The summed E-state index contributed by atoms with van der Waals surface area (Å²) in [6.07, 6.45) is 4.02. The molecule has 0 radical (unpaired) electrons. The van der Waals surface area contributed by atoms with Crippen LogP contribution < -0.4 is 4.90 Å². The first-order valence-corrected chi connectivity index (χ1v) is 19.2. The van der Waals surface area contributed by atoms with E-state index in [1.807, 2.05) is 12.4 Å². The monoisotopic (exact) mass is 704 g/mol. The van der Waals surface area contributed by atoms with Crippen LogP contribution in [0.4, 0.5) is 17.1 Å². The minimum atomic E-state index is 1.07. The Labute approximate surface area is 316 Å². The van der Waals surface area contributed by atoms with Crippen LogP contribution in [0.2, 0.25) is 0 Å². The minimum absolute atomic E-state index is 1.07. The van der Waals surface area contributed by atoms with Crippen molar-refractivity contribution in [2.24, 2.45) is 0 Å². The number of nitrogens with zero attached hydrogens (tertiary/aromatic N) is 2. The van der Waals surface area contributed by atoms with Crippen LogP contribution in [-0.4, -0.2) is 4.98 Å². The molecule has 0 aliphatic rings. The van der Waals surface area contributed by atoms with Gasteiger partial charge in [-0.25, -0.2) is 0 Å². The van der Waals surface area contributed by atoms with Crippen LogP contribution >= 0.6 is 11.3 Å². The maximum atomic E-state index is 4.78. The van der Waals surface area contributed by atoms with Crippen LogP contribution in [0.1, 0.15) is 0 Å². The Morgan fingerprint density at radius 2 is 0.815 bits per heavy atom. The molecule has 0 aliphatic heterocycles. The third-order valence-corrected chi connectivity index (χ3v) is 12.0. The standard InChI is InChI=1S/C51H32N2S/c1-3-9-43-35(7-1)13-15-39-29-37(21-27-45(39)43)33-17-23-41(24-18-33)53(48-31-52-32-50-51(48)47-11-5-6-12-49(47)54-50)42-25-19-34(20-26-42)38-22-28-46-40(30-38)16-14-36-8-2-4-10-44(36)46/h1-32H. The molecular formula is C51H32N2S. The maximum absolute atomic E-state index is 4.78. The molecule has 0 unspecified atom stereocenters. The van der Waals surface area contributed by atoms with Gasteiger partial charge in [-0.1, -0.05) is 140 Å². The third kappa shape index (κ3) is 5.05. The molecule has 11 aromatic rings. The van der Waals surface area contributed by atoms with Gasteiger partial charge in [-0.15, -0.1) is 11.3 Å². The molecule has 54 heavy (non-hydrogen) atoms. The summed E-state index contributed by atoms with van der Waals surface area (Å²) in [6, 6.07) is 66.4. The van der Waals surface area contributed by atoms with Crippen molar-refractivity contribution in [1.82, 2.24) is 4.98 Å². The number of aromatic nitrogens is 1. The fourth-order valence-corrected chi connectivity index (χ4v) is 9.34. The molecule has 2 aromatic heterocycles. The summed E-state index contributed by atoms with van der Waals surface area (Å²) in [5, 5.41) is 12.6. The number of fused-ring (bicyclic) bond motifs is 9. The Bertz CT molecular complexity index is 3050. The molecule has 0 fully saturated rings. The lowest BCUT2D eigenvalue weighted by Crippen LogP contribution is -2.10. The number of thiophene rings is 1. The molecule has 0 saturated carbocycles. The largest absolute Gasteiger partial charge is 0.308 e. The predicted octanol–water partition coefficient (Wildman–Crippen LogP) is 14.9. The predicted molar refractivity (Wildman–Crippen MR) is 233 cm³/mol. The summed E-state index contributed by atoms with van der Waals surface area (Å²) >= 11 is 1.80. The van der Waals surface area contributed by atoms with Crippen molar-refractivity contribution >= 4 is 91.7 Å². The Kier molecular flexibility index (Phi) is 7.07. The second-order valence-electron chi connectivity index (χ2n) is 14.0. The highest BCUT2D eigenvalue weighted by Gasteiger charge is 2.19. The third-order valence-electron chi connectivity index (χ3n) is 10.9. The van der Waals surface area contributed by atoms with E-state index in [0.29, 0.717) is 0 Å². The summed E-state index contributed by atoms with van der Waals surface area (Å²) in [4.78, 5) is 7.14. The van der Waals surface area contributed by atoms with E-state index in [1.54, 1.807) is 11.3 Å². The molecule has 3 heteroatoms. The van der Waals surface area contributed by atoms with Gasteiger partial charge in [0.1, 0.15) is 0 Å². The fourth-order valence-electron chi connectivity index (χ4n) is 8.25. The Balaban J connectivity index is 1.01. The number of hydrogen-bond donors (Lipinski definition) is 0. The zero-order valence-corrected chi connectivity index (χ0v) is 30.1. The average molecular weight is 705 g/mol. The van der Waals surface area contributed by atoms with Crippen LogP contribution in [0.5, 0.6) is 0 Å². The maximum Gasteiger partial charge on any atom is 0.0738 e. The zero-order valence-electron chi connectivity index (χ0n) is 29.3. The molecule has 252 valence electrons. The smallest absolute Gasteiger partial charge is 0.0738 e. The molecule has 2 heterocycles. The summed E-state index contributed by atoms with van der Waals surface area (Å²) in [7, 11) is 0. The van der Waals surface area contributed by atoms with E-state index in [-0.39, 0.29) is 0 Å². The van der Waals surface area contributed by atoms with Gasteiger partial charge in [0, 0.05) is 33.0 Å². The van der Waals surface area contributed by atoms with Gasteiger partial charge >= 0.3 is 0 Å². The number of anilines is 3. The normalized spacial score (nSPS) is 11.7. The van der Waals surface area contributed by atoms with Gasteiger partial charge in [0.2, 0.25) is 0 Å². The molecule has 0 spiro atoms. The molecule has 0 amide bonds. The van der Waals surface area contributed by atoms with Gasteiger partial charge in [-0.05, 0) is 108 Å². The lowest BCUT2D eigenvalue weighted by Gasteiger charge is -2.26. The summed E-state index contributed by atoms with van der Waals surface area (Å²) in [5.41, 5.74) is 8.02. The first-order valence-electron chi connectivity index (χ1n) is 18.3. The fraction of sp³-hybridized carbons (Fsp3) is 0. The molecule has 0 saturated heterocycles. The second kappa shape index (κ2) is 12.4. The number of rotatable bonds is 5. The summed E-state index contributed by atoms with van der Waals surface area (Å²) in [5.74, 6) is 0. The van der Waals surface area contributed by atoms with Gasteiger partial charge in [0.25, 0.3) is 0 Å². The minimum Gasteiger partial charge on any atom is -0.308 e. The van der Waals surface area contributed by atoms with Crippen molar-refractivity contribution in [3.8, 4) is 22.3 Å². The number of benzene rings is 9. The van der Waals surface area contributed by atoms with Crippen LogP contribution in [0.25, 0.3) is 85.5 Å². The van der Waals surface area contributed by atoms with Crippen molar-refractivity contribution in [1.29, 1.82) is 0 Å². The second-order valence-corrected chi connectivity index (χ2v) is 15.1. The quantitative estimate of drug-likeness (QED) is 0.166. The zero-order chi connectivity index (χ0) is 35.6. The van der Waals surface area contributed by atoms with Gasteiger partial charge in [-0.3, -0.25) is 4.98 Å². The van der Waals surface area contributed by atoms with E-state index in [2.05, 4.69) is 187 Å². The average Bonchev–Trinajstić information content (AvgIpc) is 3.63. The molecule has 2 nitrogen and oxygen atoms in total. The van der Waals surface area contributed by atoms with Gasteiger partial charge in [-0.2, -0.15) is 0 Å². The molecule has 0 aliphatic carbocycles. The van der Waals surface area contributed by atoms with Crippen molar-refractivity contribution < 1.29 is 0 Å². The van der Waals surface area contributed by atoms with Gasteiger partial charge in [0.15, 0.2) is 0 Å². The molecule has 9 aromatic carbocycles. The first-order chi connectivity index (χ1) is 26.7. The van der Waals surface area contributed by atoms with Crippen LogP contribution in [-0.2, 0) is 0 Å². The van der Waals surface area contributed by atoms with E-state index in [0.717, 1.165) is 17.1 Å². The van der Waals surface area contributed by atoms with Gasteiger partial charge in [0.05, 0.1) is 16.6 Å². The Morgan fingerprint density at radius 1 is 0.352 bits per heavy atom. The van der Waals surface area contributed by atoms with Crippen LogP contribution in [0.15, 0.2) is 194 Å². The number of hydrogen-bond acceptors (Lipinski definition) is 3. The summed E-state index contributed by atoms with van der Waals surface area (Å²) < 4.78 is 2.44. The lowest BCUT2D eigenvalue weighted by molar-refractivity contribution is 1.26.